The highest BCUT2D eigenvalue weighted by Crippen LogP contribution is 2.45. The van der Waals surface area contributed by atoms with Gasteiger partial charge in [-0.15, -0.1) is 0 Å². The van der Waals surface area contributed by atoms with E-state index in [9.17, 15) is 35.9 Å². The molecule has 0 bridgehead atoms. The van der Waals surface area contributed by atoms with Gasteiger partial charge in [0.25, 0.3) is 11.8 Å². The molecule has 9 heteroatoms. The van der Waals surface area contributed by atoms with E-state index in [4.69, 9.17) is 0 Å². The predicted octanol–water partition coefficient (Wildman–Crippen LogP) is 3.22. The van der Waals surface area contributed by atoms with Crippen LogP contribution < -0.4 is 5.32 Å². The van der Waals surface area contributed by atoms with Crippen LogP contribution in [0, 0.1) is 13.8 Å². The summed E-state index contributed by atoms with van der Waals surface area (Å²) in [7, 11) is 0. The van der Waals surface area contributed by atoms with Gasteiger partial charge in [0.1, 0.15) is 0 Å². The van der Waals surface area contributed by atoms with Crippen LogP contribution in [0.4, 0.5) is 26.3 Å². The van der Waals surface area contributed by atoms with Crippen LogP contribution >= 0.6 is 0 Å². The summed E-state index contributed by atoms with van der Waals surface area (Å²) < 4.78 is 78.2. The van der Waals surface area contributed by atoms with Crippen molar-refractivity contribution in [3.63, 3.8) is 0 Å². The summed E-state index contributed by atoms with van der Waals surface area (Å²) in [6.07, 6.45) is -10.1. The molecule has 2 rings (SSSR count). The third-order valence-corrected chi connectivity index (χ3v) is 3.31. The lowest BCUT2D eigenvalue weighted by Gasteiger charge is -2.20. The van der Waals surface area contributed by atoms with Crippen molar-refractivity contribution in [2.75, 3.05) is 0 Å². The third-order valence-electron chi connectivity index (χ3n) is 3.31. The van der Waals surface area contributed by atoms with Crippen LogP contribution in [-0.2, 0) is 12.4 Å². The Kier molecular flexibility index (Phi) is 3.08. The van der Waals surface area contributed by atoms with Crippen molar-refractivity contribution >= 4 is 11.8 Å². The summed E-state index contributed by atoms with van der Waals surface area (Å²) in [5.41, 5.74) is -6.99. The van der Waals surface area contributed by atoms with E-state index in [1.165, 1.54) is 5.32 Å². The van der Waals surface area contributed by atoms with E-state index in [1.54, 1.807) is 0 Å². The average Bonchev–Trinajstić information content (AvgIpc) is 2.52. The number of nitrogens with one attached hydrogen (secondary N) is 1. The fourth-order valence-corrected chi connectivity index (χ4v) is 2.39. The lowest BCUT2D eigenvalue weighted by molar-refractivity contribution is -0.142. The van der Waals surface area contributed by atoms with Gasteiger partial charge in [-0.1, -0.05) is 0 Å². The molecule has 0 unspecified atom stereocenters. The molecule has 0 atom stereocenters. The molecule has 114 valence electrons. The molecule has 0 saturated heterocycles. The summed E-state index contributed by atoms with van der Waals surface area (Å²) >= 11 is 0. The molecule has 0 radical (unpaired) electrons. The van der Waals surface area contributed by atoms with Gasteiger partial charge in [-0.25, -0.2) is 0 Å². The molecule has 0 fully saturated rings. The minimum atomic E-state index is -5.05. The summed E-state index contributed by atoms with van der Waals surface area (Å²) in [6.45, 7) is 1.67. The second-order valence-corrected chi connectivity index (χ2v) is 4.53. The van der Waals surface area contributed by atoms with Gasteiger partial charge in [-0.2, -0.15) is 26.3 Å². The Balaban J connectivity index is 3.04. The largest absolute Gasteiger partial charge is 0.417 e. The van der Waals surface area contributed by atoms with Crippen LogP contribution in [0.1, 0.15) is 43.0 Å². The van der Waals surface area contributed by atoms with Crippen molar-refractivity contribution in [2.45, 2.75) is 26.2 Å². The van der Waals surface area contributed by atoms with Crippen molar-refractivity contribution < 1.29 is 35.9 Å². The summed E-state index contributed by atoms with van der Waals surface area (Å²) in [5, 5.41) is 1.48. The maximum atomic E-state index is 13.0. The zero-order chi connectivity index (χ0) is 16.3. The van der Waals surface area contributed by atoms with E-state index >= 15 is 0 Å². The molecule has 21 heavy (non-hydrogen) atoms. The van der Waals surface area contributed by atoms with E-state index in [0.717, 1.165) is 13.8 Å². The molecule has 0 aliphatic carbocycles. The number of rotatable bonds is 0. The van der Waals surface area contributed by atoms with Gasteiger partial charge in [-0.3, -0.25) is 14.9 Å². The number of carbonyl (C=O) groups is 2. The van der Waals surface area contributed by atoms with Crippen molar-refractivity contribution in [3.8, 4) is 0 Å². The third kappa shape index (κ3) is 2.16. The van der Waals surface area contributed by atoms with E-state index in [2.05, 4.69) is 0 Å². The van der Waals surface area contributed by atoms with Crippen molar-refractivity contribution in [1.82, 2.24) is 5.32 Å². The summed E-state index contributed by atoms with van der Waals surface area (Å²) in [5.74, 6) is -2.95. The Bertz CT molecular complexity index is 615. The number of amides is 2. The minimum Gasteiger partial charge on any atom is -0.288 e. The van der Waals surface area contributed by atoms with Crippen LogP contribution in [0.2, 0.25) is 0 Å². The highest BCUT2D eigenvalue weighted by atomic mass is 19.4. The Labute approximate surface area is 113 Å². The molecule has 1 aromatic rings. The zero-order valence-electron chi connectivity index (χ0n) is 10.6. The zero-order valence-corrected chi connectivity index (χ0v) is 10.6. The Morgan fingerprint density at radius 1 is 0.714 bits per heavy atom. The Morgan fingerprint density at radius 2 is 1.00 bits per heavy atom. The quantitative estimate of drug-likeness (QED) is 0.591. The minimum absolute atomic E-state index is 0.724. The van der Waals surface area contributed by atoms with Gasteiger partial charge < -0.3 is 0 Å². The van der Waals surface area contributed by atoms with E-state index in [-0.39, 0.29) is 0 Å². The standard InChI is InChI=1S/C12H7F6NO2/c1-3-4(2)8(12(16,17)18)6-5(7(3)11(13,14)15)9(20)19-10(6)21/h1-2H3,(H,19,20,21). The molecule has 1 aliphatic heterocycles. The fourth-order valence-electron chi connectivity index (χ4n) is 2.39. The average molecular weight is 311 g/mol. The van der Waals surface area contributed by atoms with Gasteiger partial charge in [0.2, 0.25) is 0 Å². The highest BCUT2D eigenvalue weighted by molar-refractivity contribution is 6.23. The molecule has 0 saturated carbocycles. The molecule has 1 heterocycles. The Morgan fingerprint density at radius 3 is 1.24 bits per heavy atom. The smallest absolute Gasteiger partial charge is 0.288 e. The van der Waals surface area contributed by atoms with E-state index in [1.807, 2.05) is 0 Å². The highest BCUT2D eigenvalue weighted by Gasteiger charge is 2.49. The molecule has 3 nitrogen and oxygen atoms in total. The monoisotopic (exact) mass is 311 g/mol. The molecular weight excluding hydrogens is 304 g/mol. The lowest BCUT2D eigenvalue weighted by atomic mass is 9.88. The number of fused-ring (bicyclic) bond motifs is 1. The second kappa shape index (κ2) is 4.22. The molecule has 1 N–H and O–H groups in total. The maximum absolute atomic E-state index is 13.0. The van der Waals surface area contributed by atoms with Gasteiger partial charge >= 0.3 is 12.4 Å². The number of halogens is 6. The molecule has 0 spiro atoms. The van der Waals surface area contributed by atoms with Gasteiger partial charge in [0.05, 0.1) is 22.3 Å². The van der Waals surface area contributed by atoms with Gasteiger partial charge in [0, 0.05) is 0 Å². The van der Waals surface area contributed by atoms with Crippen LogP contribution in [0.3, 0.4) is 0 Å². The summed E-state index contributed by atoms with van der Waals surface area (Å²) in [4.78, 5) is 23.0. The first-order chi connectivity index (χ1) is 9.37. The second-order valence-electron chi connectivity index (χ2n) is 4.53. The van der Waals surface area contributed by atoms with Gasteiger partial charge in [0.15, 0.2) is 0 Å². The number of alkyl halides is 6. The Hall–Kier alpha value is -2.06. The first-order valence-electron chi connectivity index (χ1n) is 5.54. The topological polar surface area (TPSA) is 46.2 Å². The maximum Gasteiger partial charge on any atom is 0.417 e. The van der Waals surface area contributed by atoms with E-state index in [0.29, 0.717) is 0 Å². The fraction of sp³-hybridized carbons (Fsp3) is 0.333. The number of benzene rings is 1. The molecule has 1 aromatic carbocycles. The molecular formula is C12H7F6NO2. The normalized spacial score (nSPS) is 15.2. The molecule has 0 aromatic heterocycles. The van der Waals surface area contributed by atoms with Crippen LogP contribution in [-0.4, -0.2) is 11.8 Å². The molecule has 2 amide bonds. The first kappa shape index (κ1) is 15.3. The lowest BCUT2D eigenvalue weighted by Crippen LogP contribution is -2.21. The van der Waals surface area contributed by atoms with Crippen LogP contribution in [0.15, 0.2) is 0 Å². The molecule has 1 aliphatic rings. The number of hydrogen-bond donors (Lipinski definition) is 1. The number of imide groups is 1. The summed E-state index contributed by atoms with van der Waals surface area (Å²) in [6, 6.07) is 0. The van der Waals surface area contributed by atoms with E-state index < -0.39 is 57.5 Å². The SMILES string of the molecule is Cc1c(C)c(C(F)(F)F)c2c(c1C(F)(F)F)C(=O)NC2=O. The predicted molar refractivity (Wildman–Crippen MR) is 57.7 cm³/mol. The number of hydrogen-bond acceptors (Lipinski definition) is 2. The van der Waals surface area contributed by atoms with Crippen molar-refractivity contribution in [1.29, 1.82) is 0 Å². The van der Waals surface area contributed by atoms with Crippen LogP contribution in [0.5, 0.6) is 0 Å². The van der Waals surface area contributed by atoms with Crippen molar-refractivity contribution in [3.05, 3.63) is 33.4 Å². The van der Waals surface area contributed by atoms with Crippen LogP contribution in [0.25, 0.3) is 0 Å². The number of carbonyl (C=O) groups excluding carboxylic acids is 2. The van der Waals surface area contributed by atoms with Gasteiger partial charge in [-0.05, 0) is 25.0 Å². The first-order valence-corrected chi connectivity index (χ1v) is 5.54. The van der Waals surface area contributed by atoms with Crippen molar-refractivity contribution in [2.24, 2.45) is 0 Å².